The molecule has 0 atom stereocenters. The zero-order valence-electron chi connectivity index (χ0n) is 12.2. The number of benzene rings is 2. The predicted molar refractivity (Wildman–Crippen MR) is 90.8 cm³/mol. The second-order valence-corrected chi connectivity index (χ2v) is 5.52. The fraction of sp³-hybridized carbons (Fsp3) is 0.133. The molecule has 0 spiro atoms. The molecular formula is C15H15N5OS. The number of carbonyl (C=O) groups excluding carboxylic acids is 1. The molecule has 0 aliphatic heterocycles. The van der Waals surface area contributed by atoms with Gasteiger partial charge < -0.3 is 15.5 Å². The van der Waals surface area contributed by atoms with E-state index in [9.17, 15) is 4.79 Å². The highest BCUT2D eigenvalue weighted by Gasteiger charge is 2.05. The predicted octanol–water partition coefficient (Wildman–Crippen LogP) is 3.40. The third-order valence-electron chi connectivity index (χ3n) is 3.15. The number of carbonyl (C=O) groups is 1. The van der Waals surface area contributed by atoms with E-state index in [1.54, 1.807) is 12.1 Å². The van der Waals surface area contributed by atoms with Crippen molar-refractivity contribution in [1.29, 1.82) is 0 Å². The van der Waals surface area contributed by atoms with Crippen LogP contribution in [0.3, 0.4) is 0 Å². The monoisotopic (exact) mass is 313 g/mol. The van der Waals surface area contributed by atoms with Crippen molar-refractivity contribution in [3.8, 4) is 0 Å². The van der Waals surface area contributed by atoms with Crippen molar-refractivity contribution in [3.63, 3.8) is 0 Å². The Kier molecular flexibility index (Phi) is 3.88. The zero-order valence-corrected chi connectivity index (χ0v) is 13.0. The van der Waals surface area contributed by atoms with Gasteiger partial charge in [-0.3, -0.25) is 0 Å². The van der Waals surface area contributed by atoms with Gasteiger partial charge in [0.15, 0.2) is 0 Å². The van der Waals surface area contributed by atoms with Gasteiger partial charge in [-0.15, -0.1) is 0 Å². The molecule has 0 aliphatic rings. The molecule has 0 bridgehead atoms. The molecule has 112 valence electrons. The number of amides is 2. The molecule has 0 aliphatic carbocycles. The minimum atomic E-state index is -0.292. The van der Waals surface area contributed by atoms with Crippen LogP contribution in [-0.2, 0) is 0 Å². The van der Waals surface area contributed by atoms with E-state index in [1.165, 1.54) is 0 Å². The molecule has 2 aromatic carbocycles. The molecule has 0 unspecified atom stereocenters. The normalized spacial score (nSPS) is 10.5. The van der Waals surface area contributed by atoms with E-state index in [1.807, 2.05) is 49.3 Å². The first kappa shape index (κ1) is 14.3. The lowest BCUT2D eigenvalue weighted by Crippen LogP contribution is -2.19. The SMILES string of the molecule is CN(C)c1ccc(NC(=O)Nc2ccc3nsnc3c2)cc1. The van der Waals surface area contributed by atoms with Crippen molar-refractivity contribution in [2.45, 2.75) is 0 Å². The Morgan fingerprint density at radius 3 is 2.32 bits per heavy atom. The summed E-state index contributed by atoms with van der Waals surface area (Å²) < 4.78 is 8.28. The molecule has 0 saturated carbocycles. The highest BCUT2D eigenvalue weighted by molar-refractivity contribution is 7.00. The number of nitrogens with zero attached hydrogens (tertiary/aromatic N) is 3. The standard InChI is InChI=1S/C15H15N5OS/c1-20(2)12-6-3-10(4-7-12)16-15(21)17-11-5-8-13-14(9-11)19-22-18-13/h3-9H,1-2H3,(H2,16,17,21). The molecule has 0 saturated heterocycles. The Hall–Kier alpha value is -2.67. The minimum Gasteiger partial charge on any atom is -0.378 e. The maximum atomic E-state index is 12.0. The molecule has 0 radical (unpaired) electrons. The summed E-state index contributed by atoms with van der Waals surface area (Å²) in [5.41, 5.74) is 4.10. The van der Waals surface area contributed by atoms with Crippen molar-refractivity contribution < 1.29 is 4.79 Å². The summed E-state index contributed by atoms with van der Waals surface area (Å²) >= 11 is 1.15. The molecule has 0 fully saturated rings. The summed E-state index contributed by atoms with van der Waals surface area (Å²) in [5.74, 6) is 0. The summed E-state index contributed by atoms with van der Waals surface area (Å²) in [6.45, 7) is 0. The van der Waals surface area contributed by atoms with Gasteiger partial charge in [0.25, 0.3) is 0 Å². The molecule has 22 heavy (non-hydrogen) atoms. The van der Waals surface area contributed by atoms with Gasteiger partial charge in [-0.2, -0.15) is 8.75 Å². The molecule has 3 aromatic rings. The van der Waals surface area contributed by atoms with Gasteiger partial charge in [0.05, 0.1) is 11.7 Å². The Morgan fingerprint density at radius 2 is 1.59 bits per heavy atom. The number of rotatable bonds is 3. The molecular weight excluding hydrogens is 298 g/mol. The number of urea groups is 1. The fourth-order valence-electron chi connectivity index (χ4n) is 2.00. The van der Waals surface area contributed by atoms with E-state index in [0.717, 1.165) is 34.1 Å². The summed E-state index contributed by atoms with van der Waals surface area (Å²) in [6.07, 6.45) is 0. The van der Waals surface area contributed by atoms with Crippen LogP contribution in [0.25, 0.3) is 11.0 Å². The third-order valence-corrected chi connectivity index (χ3v) is 3.71. The van der Waals surface area contributed by atoms with Crippen LogP contribution in [0.4, 0.5) is 21.9 Å². The first-order valence-electron chi connectivity index (χ1n) is 6.69. The van der Waals surface area contributed by atoms with E-state index in [2.05, 4.69) is 19.4 Å². The lowest BCUT2D eigenvalue weighted by Gasteiger charge is -2.13. The largest absolute Gasteiger partial charge is 0.378 e. The topological polar surface area (TPSA) is 70.2 Å². The minimum absolute atomic E-state index is 0.292. The maximum Gasteiger partial charge on any atom is 0.323 e. The first-order valence-corrected chi connectivity index (χ1v) is 7.42. The number of nitrogens with one attached hydrogen (secondary N) is 2. The first-order chi connectivity index (χ1) is 10.6. The lowest BCUT2D eigenvalue weighted by atomic mass is 10.2. The molecule has 7 heteroatoms. The van der Waals surface area contributed by atoms with Gasteiger partial charge >= 0.3 is 6.03 Å². The number of anilines is 3. The van der Waals surface area contributed by atoms with Crippen LogP contribution in [0, 0.1) is 0 Å². The second kappa shape index (κ2) is 5.98. The lowest BCUT2D eigenvalue weighted by molar-refractivity contribution is 0.262. The van der Waals surface area contributed by atoms with Crippen molar-refractivity contribution in [2.24, 2.45) is 0 Å². The van der Waals surface area contributed by atoms with Gasteiger partial charge in [-0.1, -0.05) is 0 Å². The van der Waals surface area contributed by atoms with Gasteiger partial charge in [0.2, 0.25) is 0 Å². The summed E-state index contributed by atoms with van der Waals surface area (Å²) in [7, 11) is 3.94. The number of aromatic nitrogens is 2. The van der Waals surface area contributed by atoms with Crippen LogP contribution in [0.1, 0.15) is 0 Å². The smallest absolute Gasteiger partial charge is 0.323 e. The average Bonchev–Trinajstić information content (AvgIpc) is 2.95. The van der Waals surface area contributed by atoms with Crippen LogP contribution in [0.15, 0.2) is 42.5 Å². The Morgan fingerprint density at radius 1 is 0.955 bits per heavy atom. The molecule has 3 rings (SSSR count). The maximum absolute atomic E-state index is 12.0. The van der Waals surface area contributed by atoms with E-state index in [-0.39, 0.29) is 6.03 Å². The van der Waals surface area contributed by atoms with Gasteiger partial charge in [0, 0.05) is 31.2 Å². The van der Waals surface area contributed by atoms with Crippen molar-refractivity contribution in [3.05, 3.63) is 42.5 Å². The highest BCUT2D eigenvalue weighted by atomic mass is 32.1. The average molecular weight is 313 g/mol. The number of hydrogen-bond acceptors (Lipinski definition) is 5. The van der Waals surface area contributed by atoms with E-state index < -0.39 is 0 Å². The molecule has 2 N–H and O–H groups in total. The molecule has 1 heterocycles. The molecule has 6 nitrogen and oxygen atoms in total. The highest BCUT2D eigenvalue weighted by Crippen LogP contribution is 2.18. The Bertz CT molecular complexity index is 797. The quantitative estimate of drug-likeness (QED) is 0.777. The van der Waals surface area contributed by atoms with Gasteiger partial charge in [-0.25, -0.2) is 4.79 Å². The second-order valence-electron chi connectivity index (χ2n) is 4.99. The zero-order chi connectivity index (χ0) is 15.5. The van der Waals surface area contributed by atoms with Crippen LogP contribution in [0.2, 0.25) is 0 Å². The molecule has 1 aromatic heterocycles. The van der Waals surface area contributed by atoms with Gasteiger partial charge in [-0.05, 0) is 42.5 Å². The summed E-state index contributed by atoms with van der Waals surface area (Å²) in [5, 5.41) is 5.58. The van der Waals surface area contributed by atoms with E-state index in [4.69, 9.17) is 0 Å². The third kappa shape index (κ3) is 3.15. The van der Waals surface area contributed by atoms with Crippen molar-refractivity contribution >= 4 is 45.9 Å². The Labute approximate surface area is 132 Å². The number of fused-ring (bicyclic) bond motifs is 1. The summed E-state index contributed by atoms with van der Waals surface area (Å²) in [4.78, 5) is 14.0. The van der Waals surface area contributed by atoms with Crippen molar-refractivity contribution in [1.82, 2.24) is 8.75 Å². The number of hydrogen-bond donors (Lipinski definition) is 2. The van der Waals surface area contributed by atoms with Crippen LogP contribution in [-0.4, -0.2) is 28.9 Å². The summed E-state index contributed by atoms with van der Waals surface area (Å²) in [6, 6.07) is 12.8. The van der Waals surface area contributed by atoms with Crippen LogP contribution in [0.5, 0.6) is 0 Å². The van der Waals surface area contributed by atoms with E-state index in [0.29, 0.717) is 5.69 Å². The van der Waals surface area contributed by atoms with Crippen LogP contribution < -0.4 is 15.5 Å². The van der Waals surface area contributed by atoms with E-state index >= 15 is 0 Å². The van der Waals surface area contributed by atoms with Gasteiger partial charge in [0.1, 0.15) is 11.0 Å². The van der Waals surface area contributed by atoms with Crippen molar-refractivity contribution in [2.75, 3.05) is 29.6 Å². The molecule has 2 amide bonds. The Balaban J connectivity index is 1.66. The fourth-order valence-corrected chi connectivity index (χ4v) is 2.51. The van der Waals surface area contributed by atoms with Crippen LogP contribution >= 0.6 is 11.7 Å².